The average Bonchev–Trinajstić information content (AvgIpc) is 2.95. The number of carbonyl (C=O) groups excluding carboxylic acids is 1. The Morgan fingerprint density at radius 2 is 1.90 bits per heavy atom. The maximum Gasteiger partial charge on any atom is 0.325 e. The molecule has 1 atom stereocenters. The number of nitrogens with zero attached hydrogens (tertiary/aromatic N) is 5. The molecule has 0 aromatic carbocycles. The molecule has 0 spiro atoms. The summed E-state index contributed by atoms with van der Waals surface area (Å²) in [4.78, 5) is 15.4. The summed E-state index contributed by atoms with van der Waals surface area (Å²) in [6.07, 6.45) is 0. The summed E-state index contributed by atoms with van der Waals surface area (Å²) >= 11 is 0.875. The Kier molecular flexibility index (Phi) is 3.95. The van der Waals surface area contributed by atoms with Crippen molar-refractivity contribution in [3.05, 3.63) is 0 Å². The fourth-order valence-electron chi connectivity index (χ4n) is 1.82. The summed E-state index contributed by atoms with van der Waals surface area (Å²) in [7, 11) is 2.86. The quantitative estimate of drug-likeness (QED) is 0.752. The SMILES string of the molecule is CN(C)C1(C)CNC(=O)N1c1nnc(S(=O)(=O)N(C)C)s1. The van der Waals surface area contributed by atoms with Gasteiger partial charge in [0.05, 0.1) is 6.54 Å². The van der Waals surface area contributed by atoms with Gasteiger partial charge in [-0.25, -0.2) is 22.4 Å². The van der Waals surface area contributed by atoms with Gasteiger partial charge in [0, 0.05) is 14.1 Å². The van der Waals surface area contributed by atoms with E-state index in [9.17, 15) is 13.2 Å². The standard InChI is InChI=1S/C10H18N6O3S2/c1-10(14(2)3)6-11-7(17)16(10)8-12-13-9(20-8)21(18,19)15(4)5/h6H2,1-5H3,(H,11,17). The van der Waals surface area contributed by atoms with Gasteiger partial charge < -0.3 is 5.32 Å². The highest BCUT2D eigenvalue weighted by Crippen LogP contribution is 2.33. The van der Waals surface area contributed by atoms with E-state index >= 15 is 0 Å². The lowest BCUT2D eigenvalue weighted by atomic mass is 10.2. The lowest BCUT2D eigenvalue weighted by Crippen LogP contribution is -2.55. The first-order valence-electron chi connectivity index (χ1n) is 6.12. The van der Waals surface area contributed by atoms with Crippen molar-refractivity contribution in [2.45, 2.75) is 16.9 Å². The Hall–Kier alpha value is -1.30. The average molecular weight is 334 g/mol. The molecule has 118 valence electrons. The molecule has 1 aliphatic rings. The molecule has 0 bridgehead atoms. The first-order valence-corrected chi connectivity index (χ1v) is 8.38. The van der Waals surface area contributed by atoms with Crippen molar-refractivity contribution in [2.24, 2.45) is 0 Å². The first kappa shape index (κ1) is 16.1. The summed E-state index contributed by atoms with van der Waals surface area (Å²) in [5, 5.41) is 10.6. The Morgan fingerprint density at radius 1 is 1.29 bits per heavy atom. The third kappa shape index (κ3) is 2.50. The molecule has 1 aromatic rings. The van der Waals surface area contributed by atoms with E-state index < -0.39 is 15.7 Å². The summed E-state index contributed by atoms with van der Waals surface area (Å²) in [5.41, 5.74) is -0.629. The Morgan fingerprint density at radius 3 is 2.43 bits per heavy atom. The van der Waals surface area contributed by atoms with Crippen molar-refractivity contribution in [1.29, 1.82) is 0 Å². The van der Waals surface area contributed by atoms with Gasteiger partial charge in [0.2, 0.25) is 9.47 Å². The maximum absolute atomic E-state index is 12.1. The van der Waals surface area contributed by atoms with E-state index in [2.05, 4.69) is 15.5 Å². The van der Waals surface area contributed by atoms with Crippen LogP contribution in [0, 0.1) is 0 Å². The molecule has 0 radical (unpaired) electrons. The highest BCUT2D eigenvalue weighted by molar-refractivity contribution is 7.91. The van der Waals surface area contributed by atoms with Crippen LogP contribution in [0.1, 0.15) is 6.92 Å². The second-order valence-electron chi connectivity index (χ2n) is 5.24. The Balaban J connectivity index is 2.44. The van der Waals surface area contributed by atoms with Crippen LogP contribution in [-0.2, 0) is 10.0 Å². The minimum absolute atomic E-state index is 0.136. The van der Waals surface area contributed by atoms with Crippen LogP contribution in [0.5, 0.6) is 0 Å². The number of hydrogen-bond acceptors (Lipinski definition) is 7. The highest BCUT2D eigenvalue weighted by atomic mass is 32.2. The molecule has 2 rings (SSSR count). The molecular weight excluding hydrogens is 316 g/mol. The van der Waals surface area contributed by atoms with Crippen LogP contribution in [0.4, 0.5) is 9.93 Å². The minimum Gasteiger partial charge on any atom is -0.334 e. The lowest BCUT2D eigenvalue weighted by molar-refractivity contribution is 0.196. The van der Waals surface area contributed by atoms with Gasteiger partial charge in [-0.2, -0.15) is 0 Å². The van der Waals surface area contributed by atoms with E-state index in [0.717, 1.165) is 15.6 Å². The molecule has 2 amide bonds. The monoisotopic (exact) mass is 334 g/mol. The predicted octanol–water partition coefficient (Wildman–Crippen LogP) is -0.404. The minimum atomic E-state index is -3.65. The zero-order valence-electron chi connectivity index (χ0n) is 12.5. The number of amides is 2. The van der Waals surface area contributed by atoms with Crippen LogP contribution >= 0.6 is 11.3 Å². The van der Waals surface area contributed by atoms with Gasteiger partial charge in [-0.05, 0) is 21.0 Å². The second kappa shape index (κ2) is 5.16. The number of hydrogen-bond donors (Lipinski definition) is 1. The molecule has 1 N–H and O–H groups in total. The molecule has 11 heteroatoms. The van der Waals surface area contributed by atoms with E-state index in [4.69, 9.17) is 0 Å². The maximum atomic E-state index is 12.1. The smallest absolute Gasteiger partial charge is 0.325 e. The van der Waals surface area contributed by atoms with Crippen LogP contribution in [0.15, 0.2) is 4.34 Å². The number of nitrogens with one attached hydrogen (secondary N) is 1. The summed E-state index contributed by atoms with van der Waals surface area (Å²) in [6, 6.07) is -0.323. The second-order valence-corrected chi connectivity index (χ2v) is 8.53. The van der Waals surface area contributed by atoms with E-state index in [-0.39, 0.29) is 15.5 Å². The van der Waals surface area contributed by atoms with E-state index in [1.165, 1.54) is 19.0 Å². The van der Waals surface area contributed by atoms with Crippen molar-refractivity contribution in [3.63, 3.8) is 0 Å². The third-order valence-corrected chi connectivity index (χ3v) is 6.58. The third-order valence-electron chi connectivity index (χ3n) is 3.51. The Labute approximate surface area is 127 Å². The van der Waals surface area contributed by atoms with Crippen molar-refractivity contribution in [2.75, 3.05) is 39.6 Å². The van der Waals surface area contributed by atoms with Gasteiger partial charge in [-0.3, -0.25) is 4.90 Å². The molecule has 1 aliphatic heterocycles. The zero-order chi connectivity index (χ0) is 16.0. The summed E-state index contributed by atoms with van der Waals surface area (Å²) in [5.74, 6) is 0. The van der Waals surface area contributed by atoms with Crippen molar-refractivity contribution in [3.8, 4) is 0 Å². The van der Waals surface area contributed by atoms with Crippen LogP contribution in [0.3, 0.4) is 0 Å². The van der Waals surface area contributed by atoms with E-state index in [0.29, 0.717) is 6.54 Å². The van der Waals surface area contributed by atoms with Crippen LogP contribution in [-0.4, -0.2) is 74.2 Å². The largest absolute Gasteiger partial charge is 0.334 e. The van der Waals surface area contributed by atoms with Gasteiger partial charge in [-0.15, -0.1) is 10.2 Å². The Bertz CT molecular complexity index is 656. The lowest BCUT2D eigenvalue weighted by Gasteiger charge is -2.37. The summed E-state index contributed by atoms with van der Waals surface area (Å²) < 4.78 is 25.0. The van der Waals surface area contributed by atoms with Crippen molar-refractivity contribution >= 4 is 32.5 Å². The molecule has 21 heavy (non-hydrogen) atoms. The number of aromatic nitrogens is 2. The van der Waals surface area contributed by atoms with Crippen molar-refractivity contribution < 1.29 is 13.2 Å². The number of sulfonamides is 1. The van der Waals surface area contributed by atoms with Crippen LogP contribution in [0.2, 0.25) is 0 Å². The molecule has 0 aliphatic carbocycles. The van der Waals surface area contributed by atoms with Gasteiger partial charge >= 0.3 is 6.03 Å². The number of urea groups is 1. The number of rotatable bonds is 4. The predicted molar refractivity (Wildman–Crippen MR) is 78.8 cm³/mol. The molecule has 9 nitrogen and oxygen atoms in total. The van der Waals surface area contributed by atoms with Gasteiger partial charge in [-0.1, -0.05) is 11.3 Å². The highest BCUT2D eigenvalue weighted by Gasteiger charge is 2.46. The fraction of sp³-hybridized carbons (Fsp3) is 0.700. The first-order chi connectivity index (χ1) is 9.60. The van der Waals surface area contributed by atoms with E-state index in [1.54, 1.807) is 0 Å². The number of carbonyl (C=O) groups is 1. The number of likely N-dealkylation sites (N-methyl/N-ethyl adjacent to an activating group) is 1. The number of anilines is 1. The fourth-order valence-corrected chi connectivity index (χ4v) is 4.06. The molecule has 1 aromatic heterocycles. The molecule has 1 saturated heterocycles. The molecule has 0 saturated carbocycles. The molecular formula is C10H18N6O3S2. The van der Waals surface area contributed by atoms with Gasteiger partial charge in [0.25, 0.3) is 10.0 Å². The summed E-state index contributed by atoms with van der Waals surface area (Å²) in [6.45, 7) is 2.28. The zero-order valence-corrected chi connectivity index (χ0v) is 14.1. The van der Waals surface area contributed by atoms with E-state index in [1.807, 2.05) is 25.9 Å². The van der Waals surface area contributed by atoms with Crippen molar-refractivity contribution in [1.82, 2.24) is 24.7 Å². The van der Waals surface area contributed by atoms with Gasteiger partial charge in [0.1, 0.15) is 5.66 Å². The van der Waals surface area contributed by atoms with Gasteiger partial charge in [0.15, 0.2) is 0 Å². The van der Waals surface area contributed by atoms with Crippen LogP contribution in [0.25, 0.3) is 0 Å². The molecule has 1 fully saturated rings. The molecule has 1 unspecified atom stereocenters. The topological polar surface area (TPSA) is 98.7 Å². The van der Waals surface area contributed by atoms with Crippen LogP contribution < -0.4 is 10.2 Å². The molecule has 2 heterocycles. The normalized spacial score (nSPS) is 23.2.